The number of urea groups is 1. The molecule has 1 aliphatic rings. The molecule has 2 aromatic rings. The molecule has 0 radical (unpaired) electrons. The van der Waals surface area contributed by atoms with Gasteiger partial charge >= 0.3 is 6.03 Å². The molecule has 0 aliphatic carbocycles. The van der Waals surface area contributed by atoms with E-state index in [4.69, 9.17) is 9.15 Å². The number of carbonyl (C=O) groups is 1. The lowest BCUT2D eigenvalue weighted by Crippen LogP contribution is -2.39. The monoisotopic (exact) mass is 329 g/mol. The van der Waals surface area contributed by atoms with Gasteiger partial charge in [-0.05, 0) is 44.0 Å². The summed E-state index contributed by atoms with van der Waals surface area (Å²) in [6, 6.07) is 9.56. The largest absolute Gasteiger partial charge is 0.461 e. The van der Waals surface area contributed by atoms with Gasteiger partial charge in [0.05, 0.1) is 18.3 Å². The molecule has 6 heteroatoms. The van der Waals surface area contributed by atoms with Gasteiger partial charge in [0.2, 0.25) is 0 Å². The highest BCUT2D eigenvalue weighted by atomic mass is 16.5. The predicted octanol–water partition coefficient (Wildman–Crippen LogP) is 3.18. The summed E-state index contributed by atoms with van der Waals surface area (Å²) in [6.07, 6.45) is 1.89. The summed E-state index contributed by atoms with van der Waals surface area (Å²) < 4.78 is 10.9. The van der Waals surface area contributed by atoms with Crippen LogP contribution in [0.5, 0.6) is 0 Å². The zero-order valence-electron chi connectivity index (χ0n) is 14.1. The first-order chi connectivity index (χ1) is 11.7. The van der Waals surface area contributed by atoms with Gasteiger partial charge in [-0.15, -0.1) is 0 Å². The average molecular weight is 329 g/mol. The van der Waals surface area contributed by atoms with E-state index in [1.54, 1.807) is 7.11 Å². The molecule has 1 fully saturated rings. The molecule has 1 atom stereocenters. The average Bonchev–Trinajstić information content (AvgIpc) is 3.22. The highest BCUT2D eigenvalue weighted by Crippen LogP contribution is 2.33. The van der Waals surface area contributed by atoms with Crippen molar-refractivity contribution < 1.29 is 13.9 Å². The molecule has 24 heavy (non-hydrogen) atoms. The minimum absolute atomic E-state index is 0.0129. The van der Waals surface area contributed by atoms with E-state index in [0.29, 0.717) is 13.2 Å². The second-order valence-electron chi connectivity index (χ2n) is 6.02. The van der Waals surface area contributed by atoms with Crippen molar-refractivity contribution in [3.8, 4) is 0 Å². The lowest BCUT2D eigenvalue weighted by molar-refractivity contribution is 0.156. The Labute approximate surface area is 141 Å². The third-order valence-corrected chi connectivity index (χ3v) is 4.18. The maximum absolute atomic E-state index is 12.5. The Hall–Kier alpha value is -2.34. The number of aromatic nitrogens is 1. The van der Waals surface area contributed by atoms with Crippen molar-refractivity contribution in [2.24, 2.45) is 0 Å². The number of amides is 2. The predicted molar refractivity (Wildman–Crippen MR) is 89.3 cm³/mol. The maximum atomic E-state index is 12.5. The number of rotatable bonds is 5. The zero-order chi connectivity index (χ0) is 16.9. The first-order valence-electron chi connectivity index (χ1n) is 8.22. The van der Waals surface area contributed by atoms with Gasteiger partial charge in [0, 0.05) is 19.3 Å². The Bertz CT molecular complexity index is 698. The quantitative estimate of drug-likeness (QED) is 0.915. The van der Waals surface area contributed by atoms with E-state index < -0.39 is 0 Å². The Balaban J connectivity index is 1.62. The van der Waals surface area contributed by atoms with Crippen LogP contribution in [0.3, 0.4) is 0 Å². The van der Waals surface area contributed by atoms with Gasteiger partial charge in [0.15, 0.2) is 0 Å². The van der Waals surface area contributed by atoms with Crippen molar-refractivity contribution >= 4 is 6.03 Å². The number of carbonyl (C=O) groups excluding carboxylic acids is 1. The second-order valence-corrected chi connectivity index (χ2v) is 6.02. The number of ether oxygens (including phenoxy) is 1. The SMILES string of the molecule is COCc1ccc([C@H]2CCCN2C(=O)NCc2cccc(C)n2)o1. The first kappa shape index (κ1) is 16.5. The standard InChI is InChI=1S/C18H23N3O3/c1-13-5-3-6-14(20-13)11-19-18(22)21-10-4-7-16(21)17-9-8-15(24-17)12-23-2/h3,5-6,8-9,16H,4,7,10-12H2,1-2H3,(H,19,22)/t16-/m1/s1. The Morgan fingerprint density at radius 3 is 3.08 bits per heavy atom. The molecule has 0 bridgehead atoms. The summed E-state index contributed by atoms with van der Waals surface area (Å²) in [5, 5.41) is 2.96. The molecule has 1 N–H and O–H groups in total. The van der Waals surface area contributed by atoms with Crippen molar-refractivity contribution in [3.05, 3.63) is 53.2 Å². The Kier molecular flexibility index (Phi) is 5.15. The number of nitrogens with one attached hydrogen (secondary N) is 1. The normalized spacial score (nSPS) is 17.2. The molecule has 128 valence electrons. The smallest absolute Gasteiger partial charge is 0.318 e. The molecule has 0 unspecified atom stereocenters. The number of nitrogens with zero attached hydrogens (tertiary/aromatic N) is 2. The van der Waals surface area contributed by atoms with Gasteiger partial charge in [-0.1, -0.05) is 6.07 Å². The van der Waals surface area contributed by atoms with Crippen LogP contribution in [-0.2, 0) is 17.9 Å². The molecule has 0 aromatic carbocycles. The van der Waals surface area contributed by atoms with Crippen LogP contribution in [-0.4, -0.2) is 29.6 Å². The fourth-order valence-corrected chi connectivity index (χ4v) is 3.06. The molecule has 0 saturated carbocycles. The number of hydrogen-bond acceptors (Lipinski definition) is 4. The highest BCUT2D eigenvalue weighted by molar-refractivity contribution is 5.75. The van der Waals surface area contributed by atoms with Crippen LogP contribution < -0.4 is 5.32 Å². The number of aryl methyl sites for hydroxylation is 1. The van der Waals surface area contributed by atoms with Gasteiger partial charge in [-0.3, -0.25) is 4.98 Å². The Morgan fingerprint density at radius 1 is 1.42 bits per heavy atom. The maximum Gasteiger partial charge on any atom is 0.318 e. The van der Waals surface area contributed by atoms with Gasteiger partial charge in [0.1, 0.15) is 18.1 Å². The molecule has 1 aliphatic heterocycles. The van der Waals surface area contributed by atoms with E-state index in [9.17, 15) is 4.79 Å². The van der Waals surface area contributed by atoms with Gasteiger partial charge in [0.25, 0.3) is 0 Å². The van der Waals surface area contributed by atoms with Crippen LogP contribution >= 0.6 is 0 Å². The minimum atomic E-state index is -0.0782. The number of pyridine rings is 1. The molecule has 2 aromatic heterocycles. The van der Waals surface area contributed by atoms with Crippen molar-refractivity contribution in [2.75, 3.05) is 13.7 Å². The Morgan fingerprint density at radius 2 is 2.29 bits per heavy atom. The van der Waals surface area contributed by atoms with Gasteiger partial charge in [-0.25, -0.2) is 4.79 Å². The fourth-order valence-electron chi connectivity index (χ4n) is 3.06. The molecule has 3 rings (SSSR count). The van der Waals surface area contributed by atoms with E-state index in [1.807, 2.05) is 42.2 Å². The van der Waals surface area contributed by atoms with E-state index >= 15 is 0 Å². The molecule has 6 nitrogen and oxygen atoms in total. The third-order valence-electron chi connectivity index (χ3n) is 4.18. The molecular formula is C18H23N3O3. The number of methoxy groups -OCH3 is 1. The topological polar surface area (TPSA) is 67.6 Å². The van der Waals surface area contributed by atoms with Crippen molar-refractivity contribution in [1.29, 1.82) is 0 Å². The van der Waals surface area contributed by atoms with E-state index in [1.165, 1.54) is 0 Å². The van der Waals surface area contributed by atoms with Gasteiger partial charge in [-0.2, -0.15) is 0 Å². The van der Waals surface area contributed by atoms with Crippen LogP contribution in [0.1, 0.15) is 41.8 Å². The van der Waals surface area contributed by atoms with Crippen LogP contribution in [0.25, 0.3) is 0 Å². The molecule has 3 heterocycles. The van der Waals surface area contributed by atoms with E-state index in [0.717, 1.165) is 42.3 Å². The summed E-state index contributed by atoms with van der Waals surface area (Å²) in [5.74, 6) is 1.60. The molecular weight excluding hydrogens is 306 g/mol. The van der Waals surface area contributed by atoms with Crippen LogP contribution in [0.15, 0.2) is 34.7 Å². The summed E-state index contributed by atoms with van der Waals surface area (Å²) in [7, 11) is 1.64. The highest BCUT2D eigenvalue weighted by Gasteiger charge is 2.32. The number of hydrogen-bond donors (Lipinski definition) is 1. The summed E-state index contributed by atoms with van der Waals surface area (Å²) >= 11 is 0. The molecule has 0 spiro atoms. The third kappa shape index (κ3) is 3.76. The van der Waals surface area contributed by atoms with E-state index in [2.05, 4.69) is 10.3 Å². The lowest BCUT2D eigenvalue weighted by Gasteiger charge is -2.23. The van der Waals surface area contributed by atoms with Gasteiger partial charge < -0.3 is 19.4 Å². The minimum Gasteiger partial charge on any atom is -0.461 e. The van der Waals surface area contributed by atoms with Crippen LogP contribution in [0.4, 0.5) is 4.79 Å². The lowest BCUT2D eigenvalue weighted by atomic mass is 10.2. The summed E-state index contributed by atoms with van der Waals surface area (Å²) in [5.41, 5.74) is 1.81. The van der Waals surface area contributed by atoms with Crippen molar-refractivity contribution in [1.82, 2.24) is 15.2 Å². The first-order valence-corrected chi connectivity index (χ1v) is 8.22. The number of furan rings is 1. The van der Waals surface area contributed by atoms with E-state index in [-0.39, 0.29) is 12.1 Å². The van der Waals surface area contributed by atoms with Crippen molar-refractivity contribution in [3.63, 3.8) is 0 Å². The zero-order valence-corrected chi connectivity index (χ0v) is 14.1. The molecule has 2 amide bonds. The number of likely N-dealkylation sites (tertiary alicyclic amines) is 1. The van der Waals surface area contributed by atoms with Crippen molar-refractivity contribution in [2.45, 2.75) is 39.0 Å². The van der Waals surface area contributed by atoms with Crippen LogP contribution in [0.2, 0.25) is 0 Å². The summed E-state index contributed by atoms with van der Waals surface area (Å²) in [6.45, 7) is 3.54. The van der Waals surface area contributed by atoms with Crippen LogP contribution in [0, 0.1) is 6.92 Å². The fraction of sp³-hybridized carbons (Fsp3) is 0.444. The second kappa shape index (κ2) is 7.49. The summed E-state index contributed by atoms with van der Waals surface area (Å²) in [4.78, 5) is 18.8. The molecule has 1 saturated heterocycles.